The van der Waals surface area contributed by atoms with Crippen LogP contribution in [0.2, 0.25) is 0 Å². The first-order chi connectivity index (χ1) is 13.1. The summed E-state index contributed by atoms with van der Waals surface area (Å²) in [6.45, 7) is 3.10. The maximum Gasteiger partial charge on any atom is 0.123 e. The summed E-state index contributed by atoms with van der Waals surface area (Å²) in [6, 6.07) is 14.5. The van der Waals surface area contributed by atoms with Crippen molar-refractivity contribution in [3.8, 4) is 5.75 Å². The van der Waals surface area contributed by atoms with Gasteiger partial charge >= 0.3 is 0 Å². The van der Waals surface area contributed by atoms with Crippen molar-refractivity contribution in [3.05, 3.63) is 65.5 Å². The Morgan fingerprint density at radius 3 is 2.37 bits per heavy atom. The van der Waals surface area contributed by atoms with E-state index in [4.69, 9.17) is 9.84 Å². The Kier molecular flexibility index (Phi) is 6.83. The molecular formula is C22H28FNO3. The van der Waals surface area contributed by atoms with E-state index >= 15 is 0 Å². The lowest BCUT2D eigenvalue weighted by atomic mass is 9.75. The third kappa shape index (κ3) is 5.51. The fourth-order valence-corrected chi connectivity index (χ4v) is 3.92. The second-order valence-corrected chi connectivity index (χ2v) is 7.49. The number of aliphatic hydroxyl groups excluding tert-OH is 2. The minimum Gasteiger partial charge on any atom is -0.491 e. The van der Waals surface area contributed by atoms with Gasteiger partial charge in [-0.25, -0.2) is 4.39 Å². The molecule has 0 radical (unpaired) electrons. The summed E-state index contributed by atoms with van der Waals surface area (Å²) in [4.78, 5) is 2.38. The predicted octanol–water partition coefficient (Wildman–Crippen LogP) is 3.01. The molecule has 1 heterocycles. The minimum atomic E-state index is -0.228. The van der Waals surface area contributed by atoms with E-state index in [-0.39, 0.29) is 24.4 Å². The summed E-state index contributed by atoms with van der Waals surface area (Å²) in [5.41, 5.74) is 2.08. The predicted molar refractivity (Wildman–Crippen MR) is 103 cm³/mol. The lowest BCUT2D eigenvalue weighted by Gasteiger charge is -2.42. The standard InChI is InChI=1S/C22H28FNO3/c23-20-6-2-18(3-7-20)14-22(17-26)10-1-11-24(16-22)15-19-4-8-21(9-5-19)27-13-12-25/h2-9,25-26H,1,10-17H2/t22-/m0/s1. The molecular weight excluding hydrogens is 345 g/mol. The Morgan fingerprint density at radius 1 is 1.00 bits per heavy atom. The molecule has 3 rings (SSSR count). The molecule has 2 aromatic rings. The van der Waals surface area contributed by atoms with Gasteiger partial charge in [0.1, 0.15) is 18.2 Å². The molecule has 1 atom stereocenters. The van der Waals surface area contributed by atoms with E-state index < -0.39 is 0 Å². The molecule has 0 amide bonds. The van der Waals surface area contributed by atoms with Crippen molar-refractivity contribution in [1.82, 2.24) is 4.90 Å². The van der Waals surface area contributed by atoms with E-state index in [1.807, 2.05) is 36.4 Å². The van der Waals surface area contributed by atoms with Crippen LogP contribution in [-0.2, 0) is 13.0 Å². The van der Waals surface area contributed by atoms with Crippen LogP contribution < -0.4 is 4.74 Å². The van der Waals surface area contributed by atoms with Crippen LogP contribution in [0.15, 0.2) is 48.5 Å². The summed E-state index contributed by atoms with van der Waals surface area (Å²) in [5, 5.41) is 18.9. The Labute approximate surface area is 160 Å². The van der Waals surface area contributed by atoms with E-state index in [9.17, 15) is 9.50 Å². The number of aliphatic hydroxyl groups is 2. The number of hydrogen-bond donors (Lipinski definition) is 2. The first kappa shape index (κ1) is 19.8. The van der Waals surface area contributed by atoms with Crippen molar-refractivity contribution in [1.29, 1.82) is 0 Å². The van der Waals surface area contributed by atoms with Gasteiger partial charge in [-0.3, -0.25) is 4.90 Å². The minimum absolute atomic E-state index is 0.00677. The lowest BCUT2D eigenvalue weighted by Crippen LogP contribution is -2.46. The average Bonchev–Trinajstić information content (AvgIpc) is 2.69. The van der Waals surface area contributed by atoms with E-state index in [1.165, 1.54) is 17.7 Å². The zero-order valence-corrected chi connectivity index (χ0v) is 15.6. The van der Waals surface area contributed by atoms with Crippen molar-refractivity contribution in [2.45, 2.75) is 25.8 Å². The van der Waals surface area contributed by atoms with Gasteiger partial charge in [0.15, 0.2) is 0 Å². The van der Waals surface area contributed by atoms with Gasteiger partial charge in [0.2, 0.25) is 0 Å². The van der Waals surface area contributed by atoms with Crippen LogP contribution in [0.4, 0.5) is 4.39 Å². The molecule has 146 valence electrons. The van der Waals surface area contributed by atoms with Crippen LogP contribution in [-0.4, -0.2) is 48.0 Å². The zero-order valence-electron chi connectivity index (χ0n) is 15.6. The Morgan fingerprint density at radius 2 is 1.70 bits per heavy atom. The molecule has 1 aliphatic rings. The number of rotatable bonds is 8. The largest absolute Gasteiger partial charge is 0.491 e. The molecule has 0 aromatic heterocycles. The molecule has 2 aromatic carbocycles. The van der Waals surface area contributed by atoms with Crippen LogP contribution in [0.25, 0.3) is 0 Å². The highest BCUT2D eigenvalue weighted by Gasteiger charge is 2.35. The molecule has 0 saturated carbocycles. The molecule has 0 spiro atoms. The average molecular weight is 373 g/mol. The summed E-state index contributed by atoms with van der Waals surface area (Å²) < 4.78 is 18.6. The van der Waals surface area contributed by atoms with Gasteiger partial charge in [-0.15, -0.1) is 0 Å². The van der Waals surface area contributed by atoms with E-state index in [1.54, 1.807) is 0 Å². The monoisotopic (exact) mass is 373 g/mol. The highest BCUT2D eigenvalue weighted by atomic mass is 19.1. The van der Waals surface area contributed by atoms with Gasteiger partial charge in [-0.1, -0.05) is 24.3 Å². The van der Waals surface area contributed by atoms with Crippen molar-refractivity contribution in [2.75, 3.05) is 32.9 Å². The van der Waals surface area contributed by atoms with Crippen LogP contribution in [0.5, 0.6) is 5.75 Å². The van der Waals surface area contributed by atoms with Crippen LogP contribution in [0, 0.1) is 11.2 Å². The molecule has 2 N–H and O–H groups in total. The highest BCUT2D eigenvalue weighted by Crippen LogP contribution is 2.34. The Bertz CT molecular complexity index is 705. The van der Waals surface area contributed by atoms with Gasteiger partial charge in [-0.2, -0.15) is 0 Å². The number of nitrogens with zero attached hydrogens (tertiary/aromatic N) is 1. The smallest absolute Gasteiger partial charge is 0.123 e. The fraction of sp³-hybridized carbons (Fsp3) is 0.455. The second kappa shape index (κ2) is 9.31. The molecule has 5 heteroatoms. The molecule has 0 bridgehead atoms. The number of halogens is 1. The van der Waals surface area contributed by atoms with E-state index in [0.29, 0.717) is 6.61 Å². The summed E-state index contributed by atoms with van der Waals surface area (Å²) in [7, 11) is 0. The quantitative estimate of drug-likeness (QED) is 0.747. The zero-order chi connectivity index (χ0) is 19.1. The fourth-order valence-electron chi connectivity index (χ4n) is 3.92. The molecule has 4 nitrogen and oxygen atoms in total. The van der Waals surface area contributed by atoms with Crippen LogP contribution in [0.3, 0.4) is 0 Å². The number of hydrogen-bond acceptors (Lipinski definition) is 4. The van der Waals surface area contributed by atoms with Crippen molar-refractivity contribution >= 4 is 0 Å². The van der Waals surface area contributed by atoms with Crippen molar-refractivity contribution < 1.29 is 19.3 Å². The van der Waals surface area contributed by atoms with Crippen LogP contribution >= 0.6 is 0 Å². The molecule has 0 aliphatic carbocycles. The lowest BCUT2D eigenvalue weighted by molar-refractivity contribution is 0.0288. The van der Waals surface area contributed by atoms with Gasteiger partial charge in [0.05, 0.1) is 13.2 Å². The van der Waals surface area contributed by atoms with Gasteiger partial charge in [0, 0.05) is 18.5 Å². The Balaban J connectivity index is 1.62. The molecule has 1 aliphatic heterocycles. The molecule has 1 saturated heterocycles. The number of ether oxygens (including phenoxy) is 1. The van der Waals surface area contributed by atoms with Crippen LogP contribution in [0.1, 0.15) is 24.0 Å². The number of benzene rings is 2. The maximum atomic E-state index is 13.2. The SMILES string of the molecule is OCCOc1ccc(CN2CCC[C@](CO)(Cc3ccc(F)cc3)C2)cc1. The first-order valence-electron chi connectivity index (χ1n) is 9.53. The van der Waals surface area contributed by atoms with E-state index in [0.717, 1.165) is 50.2 Å². The third-order valence-corrected chi connectivity index (χ3v) is 5.26. The van der Waals surface area contributed by atoms with Gasteiger partial charge < -0.3 is 14.9 Å². The first-order valence-corrected chi connectivity index (χ1v) is 9.53. The van der Waals surface area contributed by atoms with Gasteiger partial charge in [0.25, 0.3) is 0 Å². The number of likely N-dealkylation sites (tertiary alicyclic amines) is 1. The second-order valence-electron chi connectivity index (χ2n) is 7.49. The molecule has 1 fully saturated rings. The van der Waals surface area contributed by atoms with E-state index in [2.05, 4.69) is 4.90 Å². The Hall–Kier alpha value is -1.95. The highest BCUT2D eigenvalue weighted by molar-refractivity contribution is 5.27. The van der Waals surface area contributed by atoms with Crippen molar-refractivity contribution in [3.63, 3.8) is 0 Å². The maximum absolute atomic E-state index is 13.2. The molecule has 27 heavy (non-hydrogen) atoms. The number of piperidine rings is 1. The molecule has 0 unspecified atom stereocenters. The van der Waals surface area contributed by atoms with Gasteiger partial charge in [-0.05, 0) is 61.2 Å². The normalized spacial score (nSPS) is 20.6. The topological polar surface area (TPSA) is 52.9 Å². The van der Waals surface area contributed by atoms with Crippen molar-refractivity contribution in [2.24, 2.45) is 5.41 Å². The summed E-state index contributed by atoms with van der Waals surface area (Å²) in [6.07, 6.45) is 2.78. The third-order valence-electron chi connectivity index (χ3n) is 5.26. The summed E-state index contributed by atoms with van der Waals surface area (Å²) in [5.74, 6) is 0.529. The summed E-state index contributed by atoms with van der Waals surface area (Å²) >= 11 is 0.